The molecule has 0 aromatic carbocycles. The highest BCUT2D eigenvalue weighted by Crippen LogP contribution is 2.22. The van der Waals surface area contributed by atoms with Crippen molar-refractivity contribution >= 4 is 11.9 Å². The monoisotopic (exact) mass is 256 g/mol. The molecule has 0 atom stereocenters. The summed E-state index contributed by atoms with van der Waals surface area (Å²) < 4.78 is 4.61. The first-order chi connectivity index (χ1) is 8.15. The predicted octanol–water partition coefficient (Wildman–Crippen LogP) is 0.929. The minimum Gasteiger partial charge on any atom is -0.469 e. The molecule has 0 aromatic heterocycles. The van der Waals surface area contributed by atoms with Crippen molar-refractivity contribution in [1.29, 1.82) is 0 Å². The van der Waals surface area contributed by atoms with Crippen LogP contribution in [0.25, 0.3) is 0 Å². The SMILES string of the molecule is COC(=O)CCN1CC(C)(C)NC(C)(C)CC1=O. The van der Waals surface area contributed by atoms with Crippen LogP contribution in [0, 0.1) is 0 Å². The Morgan fingerprint density at radius 1 is 1.33 bits per heavy atom. The van der Waals surface area contributed by atoms with Crippen molar-refractivity contribution in [2.45, 2.75) is 51.6 Å². The van der Waals surface area contributed by atoms with Gasteiger partial charge in [0.2, 0.25) is 5.91 Å². The lowest BCUT2D eigenvalue weighted by atomic mass is 9.96. The minimum absolute atomic E-state index is 0.0852. The van der Waals surface area contributed by atoms with Crippen LogP contribution in [0.3, 0.4) is 0 Å². The quantitative estimate of drug-likeness (QED) is 0.763. The molecule has 1 amide bonds. The van der Waals surface area contributed by atoms with Crippen molar-refractivity contribution in [3.63, 3.8) is 0 Å². The summed E-state index contributed by atoms with van der Waals surface area (Å²) in [5, 5.41) is 3.48. The second-order valence-electron chi connectivity index (χ2n) is 6.21. The van der Waals surface area contributed by atoms with E-state index in [2.05, 4.69) is 23.9 Å². The third kappa shape index (κ3) is 4.29. The Morgan fingerprint density at radius 2 is 1.94 bits per heavy atom. The topological polar surface area (TPSA) is 58.6 Å². The summed E-state index contributed by atoms with van der Waals surface area (Å²) >= 11 is 0. The summed E-state index contributed by atoms with van der Waals surface area (Å²) in [5.74, 6) is -0.195. The van der Waals surface area contributed by atoms with Gasteiger partial charge in [-0.1, -0.05) is 0 Å². The van der Waals surface area contributed by atoms with E-state index in [0.29, 0.717) is 19.5 Å². The molecule has 1 N–H and O–H groups in total. The van der Waals surface area contributed by atoms with Crippen LogP contribution in [-0.2, 0) is 14.3 Å². The fourth-order valence-corrected chi connectivity index (χ4v) is 2.59. The molecular formula is C13H24N2O3. The van der Waals surface area contributed by atoms with E-state index in [9.17, 15) is 9.59 Å². The molecule has 0 radical (unpaired) electrons. The lowest BCUT2D eigenvalue weighted by Crippen LogP contribution is -2.53. The van der Waals surface area contributed by atoms with Gasteiger partial charge in [0.15, 0.2) is 0 Å². The molecule has 1 rings (SSSR count). The Bertz CT molecular complexity index is 337. The average molecular weight is 256 g/mol. The molecule has 0 aliphatic carbocycles. The summed E-state index contributed by atoms with van der Waals surface area (Å²) in [5.41, 5.74) is -0.383. The molecule has 1 aliphatic rings. The van der Waals surface area contributed by atoms with Gasteiger partial charge in [-0.05, 0) is 27.7 Å². The highest BCUT2D eigenvalue weighted by molar-refractivity contribution is 5.78. The van der Waals surface area contributed by atoms with Crippen LogP contribution in [0.5, 0.6) is 0 Å². The number of nitrogens with one attached hydrogen (secondary N) is 1. The van der Waals surface area contributed by atoms with Crippen LogP contribution < -0.4 is 5.32 Å². The first kappa shape index (κ1) is 15.0. The average Bonchev–Trinajstić information content (AvgIpc) is 2.27. The standard InChI is InChI=1S/C13H24N2O3/c1-12(2)8-10(16)15(7-6-11(17)18-5)9-13(3,4)14-12/h14H,6-9H2,1-5H3. The van der Waals surface area contributed by atoms with Crippen LogP contribution >= 0.6 is 0 Å². The normalized spacial score (nSPS) is 22.5. The second kappa shape index (κ2) is 5.26. The third-order valence-electron chi connectivity index (χ3n) is 3.02. The maximum Gasteiger partial charge on any atom is 0.307 e. The van der Waals surface area contributed by atoms with Crippen molar-refractivity contribution in [1.82, 2.24) is 10.2 Å². The highest BCUT2D eigenvalue weighted by atomic mass is 16.5. The Morgan fingerprint density at radius 3 is 2.50 bits per heavy atom. The number of esters is 1. The molecule has 104 valence electrons. The number of hydrogen-bond donors (Lipinski definition) is 1. The maximum atomic E-state index is 12.2. The first-order valence-corrected chi connectivity index (χ1v) is 6.29. The number of carbonyl (C=O) groups is 2. The third-order valence-corrected chi connectivity index (χ3v) is 3.02. The number of carbonyl (C=O) groups excluding carboxylic acids is 2. The number of methoxy groups -OCH3 is 1. The van der Waals surface area contributed by atoms with Crippen LogP contribution in [-0.4, -0.2) is 48.1 Å². The van der Waals surface area contributed by atoms with Gasteiger partial charge in [0, 0.05) is 30.6 Å². The maximum absolute atomic E-state index is 12.2. The van der Waals surface area contributed by atoms with E-state index < -0.39 is 0 Å². The van der Waals surface area contributed by atoms with Gasteiger partial charge in [-0.25, -0.2) is 0 Å². The molecule has 18 heavy (non-hydrogen) atoms. The van der Waals surface area contributed by atoms with Crippen LogP contribution in [0.2, 0.25) is 0 Å². The number of hydrogen-bond acceptors (Lipinski definition) is 4. The zero-order valence-corrected chi connectivity index (χ0v) is 12.0. The summed E-state index contributed by atoms with van der Waals surface area (Å²) in [7, 11) is 1.36. The Balaban J connectivity index is 2.73. The second-order valence-corrected chi connectivity index (χ2v) is 6.21. The van der Waals surface area contributed by atoms with Crippen molar-refractivity contribution < 1.29 is 14.3 Å². The molecule has 0 unspecified atom stereocenters. The molecule has 1 aliphatic heterocycles. The van der Waals surface area contributed by atoms with Crippen LogP contribution in [0.15, 0.2) is 0 Å². The number of amides is 1. The molecule has 1 fully saturated rings. The molecule has 0 spiro atoms. The van der Waals surface area contributed by atoms with E-state index in [4.69, 9.17) is 0 Å². The van der Waals surface area contributed by atoms with E-state index in [1.165, 1.54) is 7.11 Å². The molecule has 5 heteroatoms. The van der Waals surface area contributed by atoms with E-state index in [0.717, 1.165) is 0 Å². The van der Waals surface area contributed by atoms with Gasteiger partial charge in [0.05, 0.1) is 13.5 Å². The predicted molar refractivity (Wildman–Crippen MR) is 69.1 cm³/mol. The minimum atomic E-state index is -0.280. The van der Waals surface area contributed by atoms with Gasteiger partial charge in [0.1, 0.15) is 0 Å². The molecular weight excluding hydrogens is 232 g/mol. The first-order valence-electron chi connectivity index (χ1n) is 6.29. The fraction of sp³-hybridized carbons (Fsp3) is 0.846. The van der Waals surface area contributed by atoms with Gasteiger partial charge >= 0.3 is 5.97 Å². The van der Waals surface area contributed by atoms with Crippen molar-refractivity contribution in [3.8, 4) is 0 Å². The summed E-state index contributed by atoms with van der Waals surface area (Å²) in [6.07, 6.45) is 0.691. The van der Waals surface area contributed by atoms with Crippen molar-refractivity contribution in [2.75, 3.05) is 20.2 Å². The van der Waals surface area contributed by atoms with Gasteiger partial charge in [-0.2, -0.15) is 0 Å². The highest BCUT2D eigenvalue weighted by Gasteiger charge is 2.37. The van der Waals surface area contributed by atoms with Crippen molar-refractivity contribution in [2.24, 2.45) is 0 Å². The zero-order valence-electron chi connectivity index (χ0n) is 12.0. The molecule has 0 aromatic rings. The number of rotatable bonds is 3. The smallest absolute Gasteiger partial charge is 0.307 e. The van der Waals surface area contributed by atoms with Gasteiger partial charge in [-0.15, -0.1) is 0 Å². The summed E-state index contributed by atoms with van der Waals surface area (Å²) in [4.78, 5) is 25.1. The fourth-order valence-electron chi connectivity index (χ4n) is 2.59. The van der Waals surface area contributed by atoms with Gasteiger partial charge < -0.3 is 15.0 Å². The largest absolute Gasteiger partial charge is 0.469 e. The summed E-state index contributed by atoms with van der Waals surface area (Å²) in [6, 6.07) is 0. The number of nitrogens with zero attached hydrogens (tertiary/aromatic N) is 1. The van der Waals surface area contributed by atoms with Gasteiger partial charge in [0.25, 0.3) is 0 Å². The van der Waals surface area contributed by atoms with E-state index in [1.54, 1.807) is 4.90 Å². The molecule has 1 heterocycles. The Kier molecular flexibility index (Phi) is 4.37. The van der Waals surface area contributed by atoms with Crippen LogP contribution in [0.4, 0.5) is 0 Å². The molecule has 5 nitrogen and oxygen atoms in total. The van der Waals surface area contributed by atoms with Crippen molar-refractivity contribution in [3.05, 3.63) is 0 Å². The van der Waals surface area contributed by atoms with E-state index in [-0.39, 0.29) is 29.4 Å². The number of ether oxygens (including phenoxy) is 1. The molecule has 0 bridgehead atoms. The van der Waals surface area contributed by atoms with Gasteiger partial charge in [-0.3, -0.25) is 9.59 Å². The lowest BCUT2D eigenvalue weighted by molar-refractivity contribution is -0.141. The Hall–Kier alpha value is -1.10. The van der Waals surface area contributed by atoms with Crippen LogP contribution in [0.1, 0.15) is 40.5 Å². The molecule has 0 saturated carbocycles. The summed E-state index contributed by atoms with van der Waals surface area (Å²) in [6.45, 7) is 9.21. The molecule has 1 saturated heterocycles. The lowest BCUT2D eigenvalue weighted by Gasteiger charge is -2.34. The zero-order chi connectivity index (χ0) is 14.0. The Labute approximate surface area is 109 Å². The van der Waals surface area contributed by atoms with E-state index in [1.807, 2.05) is 13.8 Å². The van der Waals surface area contributed by atoms with E-state index >= 15 is 0 Å².